The Kier molecular flexibility index (Phi) is 5.83. The Morgan fingerprint density at radius 2 is 2.08 bits per heavy atom. The molecule has 1 fully saturated rings. The Hall–Kier alpha value is -0.770. The Morgan fingerprint density at radius 3 is 2.64 bits per heavy atom. The molecular weight excluding hydrogens is 332 g/mol. The molecule has 0 aromatic carbocycles. The van der Waals surface area contributed by atoms with Crippen LogP contribution in [0.2, 0.25) is 0 Å². The third-order valence-corrected chi connectivity index (χ3v) is 9.03. The maximum absolute atomic E-state index is 12.6. The Labute approximate surface area is 154 Å². The third-order valence-electron chi connectivity index (χ3n) is 6.55. The summed E-state index contributed by atoms with van der Waals surface area (Å²) in [6.45, 7) is 12.2. The van der Waals surface area contributed by atoms with Gasteiger partial charge in [-0.2, -0.15) is 0 Å². The molecule has 0 bridgehead atoms. The van der Waals surface area contributed by atoms with Gasteiger partial charge in [0.25, 0.3) is 0 Å². The molecule has 0 aromatic heterocycles. The number of fused-ring (bicyclic) bond motifs is 1. The second-order valence-corrected chi connectivity index (χ2v) is 11.9. The molecule has 0 heterocycles. The minimum atomic E-state index is -3.44. The minimum absolute atomic E-state index is 0.115. The fraction of sp³-hybridized carbons (Fsp3) is 0.810. The predicted octanol–water partition coefficient (Wildman–Crippen LogP) is 5.49. The molecule has 2 aliphatic carbocycles. The molecule has 4 atom stereocenters. The second-order valence-electron chi connectivity index (χ2n) is 9.27. The van der Waals surface area contributed by atoms with Gasteiger partial charge in [0, 0.05) is 0 Å². The van der Waals surface area contributed by atoms with Gasteiger partial charge in [-0.1, -0.05) is 45.3 Å². The maximum Gasteiger partial charge on any atom is 0.215 e. The summed E-state index contributed by atoms with van der Waals surface area (Å²) in [5.41, 5.74) is 1.82. The van der Waals surface area contributed by atoms with E-state index in [0.717, 1.165) is 11.8 Å². The molecule has 2 aliphatic rings. The zero-order valence-corrected chi connectivity index (χ0v) is 17.9. The topological polar surface area (TPSA) is 43.4 Å². The highest BCUT2D eigenvalue weighted by molar-refractivity contribution is 7.96. The summed E-state index contributed by atoms with van der Waals surface area (Å²) in [4.78, 5) is 0. The van der Waals surface area contributed by atoms with Gasteiger partial charge in [-0.15, -0.1) is 0 Å². The van der Waals surface area contributed by atoms with Crippen LogP contribution in [0.3, 0.4) is 0 Å². The van der Waals surface area contributed by atoms with Crippen LogP contribution in [-0.2, 0) is 14.6 Å². The summed E-state index contributed by atoms with van der Waals surface area (Å²) in [7, 11) is -1.98. The van der Waals surface area contributed by atoms with Crippen LogP contribution in [0.5, 0.6) is 0 Å². The van der Waals surface area contributed by atoms with Crippen LogP contribution in [0, 0.1) is 23.2 Å². The van der Waals surface area contributed by atoms with Crippen molar-refractivity contribution in [3.63, 3.8) is 0 Å². The summed E-state index contributed by atoms with van der Waals surface area (Å²) in [6, 6.07) is 0. The molecular formula is C21H36O3S. The highest BCUT2D eigenvalue weighted by Gasteiger charge is 2.46. The molecule has 25 heavy (non-hydrogen) atoms. The number of rotatable bonds is 5. The monoisotopic (exact) mass is 368 g/mol. The zero-order chi connectivity index (χ0) is 19.0. The molecule has 144 valence electrons. The van der Waals surface area contributed by atoms with Crippen molar-refractivity contribution in [3.8, 4) is 0 Å². The molecule has 0 amide bonds. The molecule has 3 nitrogen and oxygen atoms in total. The van der Waals surface area contributed by atoms with Gasteiger partial charge in [-0.05, 0) is 69.3 Å². The van der Waals surface area contributed by atoms with Gasteiger partial charge in [0.15, 0.2) is 0 Å². The molecule has 0 saturated heterocycles. The number of hydrogen-bond acceptors (Lipinski definition) is 3. The van der Waals surface area contributed by atoms with E-state index in [9.17, 15) is 8.42 Å². The summed E-state index contributed by atoms with van der Waals surface area (Å²) < 4.78 is 29.7. The van der Waals surface area contributed by atoms with Gasteiger partial charge in [0.2, 0.25) is 14.9 Å². The number of hydrogen-bond donors (Lipinski definition) is 0. The van der Waals surface area contributed by atoms with Crippen LogP contribution in [0.4, 0.5) is 0 Å². The van der Waals surface area contributed by atoms with E-state index in [2.05, 4.69) is 26.8 Å². The van der Waals surface area contributed by atoms with Crippen LogP contribution in [0.1, 0.15) is 73.6 Å². The lowest BCUT2D eigenvalue weighted by Gasteiger charge is -2.44. The second kappa shape index (κ2) is 7.09. The quantitative estimate of drug-likeness (QED) is 0.476. The summed E-state index contributed by atoms with van der Waals surface area (Å²) in [5, 5.41) is 0.115. The third kappa shape index (κ3) is 3.70. The fourth-order valence-corrected chi connectivity index (χ4v) is 6.05. The van der Waals surface area contributed by atoms with Crippen molar-refractivity contribution in [3.05, 3.63) is 22.8 Å². The van der Waals surface area contributed by atoms with Gasteiger partial charge < -0.3 is 4.74 Å². The lowest BCUT2D eigenvalue weighted by atomic mass is 9.60. The molecule has 0 spiro atoms. The average molecular weight is 369 g/mol. The first-order chi connectivity index (χ1) is 11.4. The Morgan fingerprint density at radius 1 is 1.44 bits per heavy atom. The van der Waals surface area contributed by atoms with Gasteiger partial charge in [-0.25, -0.2) is 8.42 Å². The normalized spacial score (nSPS) is 32.1. The molecule has 0 unspecified atom stereocenters. The van der Waals surface area contributed by atoms with Crippen molar-refractivity contribution in [2.45, 2.75) is 78.4 Å². The van der Waals surface area contributed by atoms with Gasteiger partial charge in [-0.3, -0.25) is 0 Å². The first-order valence-electron chi connectivity index (χ1n) is 9.64. The molecule has 0 aliphatic heterocycles. The largest absolute Gasteiger partial charge is 0.487 e. The summed E-state index contributed by atoms with van der Waals surface area (Å²) in [5.74, 6) is 1.88. The lowest BCUT2D eigenvalue weighted by Crippen LogP contribution is -2.35. The maximum atomic E-state index is 12.6. The van der Waals surface area contributed by atoms with Crippen molar-refractivity contribution >= 4 is 9.84 Å². The Balaban J connectivity index is 2.18. The molecule has 2 rings (SSSR count). The van der Waals surface area contributed by atoms with E-state index in [1.54, 1.807) is 26.8 Å². The molecule has 1 saturated carbocycles. The fourth-order valence-electron chi connectivity index (χ4n) is 4.91. The van der Waals surface area contributed by atoms with E-state index >= 15 is 0 Å². The van der Waals surface area contributed by atoms with Crippen LogP contribution in [0.25, 0.3) is 0 Å². The van der Waals surface area contributed by atoms with Crippen molar-refractivity contribution in [2.24, 2.45) is 23.2 Å². The van der Waals surface area contributed by atoms with Gasteiger partial charge >= 0.3 is 0 Å². The minimum Gasteiger partial charge on any atom is -0.487 e. The van der Waals surface area contributed by atoms with E-state index in [1.165, 1.54) is 38.4 Å². The molecule has 0 aromatic rings. The van der Waals surface area contributed by atoms with Gasteiger partial charge in [0.05, 0.1) is 11.9 Å². The highest BCUT2D eigenvalue weighted by atomic mass is 32.2. The molecule has 0 radical (unpaired) electrons. The van der Waals surface area contributed by atoms with Crippen molar-refractivity contribution < 1.29 is 13.2 Å². The molecule has 0 N–H and O–H groups in total. The van der Waals surface area contributed by atoms with Crippen LogP contribution in [-0.4, -0.2) is 20.3 Å². The first kappa shape index (κ1) is 20.5. The SMILES string of the molecule is COC(=CC[C@@H](C)C1=CC[C@H]2[C@@H](C)CCC[C@]12C)S(=O)(=O)C(C)(C)C. The molecule has 4 heteroatoms. The van der Waals surface area contributed by atoms with E-state index in [4.69, 9.17) is 4.74 Å². The number of ether oxygens (including phenoxy) is 1. The number of allylic oxidation sites excluding steroid dienone is 3. The van der Waals surface area contributed by atoms with Crippen molar-refractivity contribution in [1.29, 1.82) is 0 Å². The number of sulfone groups is 1. The van der Waals surface area contributed by atoms with E-state index in [-0.39, 0.29) is 5.09 Å². The number of methoxy groups -OCH3 is 1. The average Bonchev–Trinajstić information content (AvgIpc) is 2.84. The van der Waals surface area contributed by atoms with Crippen LogP contribution >= 0.6 is 0 Å². The van der Waals surface area contributed by atoms with Crippen molar-refractivity contribution in [1.82, 2.24) is 0 Å². The van der Waals surface area contributed by atoms with E-state index in [1.807, 2.05) is 0 Å². The highest BCUT2D eigenvalue weighted by Crippen LogP contribution is 2.56. The summed E-state index contributed by atoms with van der Waals surface area (Å²) >= 11 is 0. The van der Waals surface area contributed by atoms with Crippen molar-refractivity contribution in [2.75, 3.05) is 7.11 Å². The van der Waals surface area contributed by atoms with Crippen LogP contribution in [0.15, 0.2) is 22.8 Å². The van der Waals surface area contributed by atoms with Crippen LogP contribution < -0.4 is 0 Å². The standard InChI is InChI=1S/C21H36O3S/c1-15-9-8-14-21(6)17(15)11-12-18(21)16(2)10-13-19(24-7)25(22,23)20(3,4)5/h12-13,15-17H,8-11,14H2,1-7H3/t15-,16+,17-,21-/m0/s1. The lowest BCUT2D eigenvalue weighted by molar-refractivity contribution is 0.111. The zero-order valence-electron chi connectivity index (χ0n) is 17.1. The van der Waals surface area contributed by atoms with Gasteiger partial charge in [0.1, 0.15) is 0 Å². The first-order valence-corrected chi connectivity index (χ1v) is 11.1. The Bertz CT molecular complexity index is 651. The van der Waals surface area contributed by atoms with E-state index < -0.39 is 14.6 Å². The van der Waals surface area contributed by atoms with E-state index in [0.29, 0.717) is 17.8 Å². The predicted molar refractivity (Wildman–Crippen MR) is 105 cm³/mol. The summed E-state index contributed by atoms with van der Waals surface area (Å²) in [6.07, 6.45) is 10.0. The smallest absolute Gasteiger partial charge is 0.215 e.